The maximum atomic E-state index is 13.8. The molecular formula is C22H21F2N2O+. The van der Waals surface area contributed by atoms with Crippen LogP contribution in [0.5, 0.6) is 0 Å². The van der Waals surface area contributed by atoms with Crippen molar-refractivity contribution < 1.29 is 18.9 Å². The molecule has 3 aromatic carbocycles. The third kappa shape index (κ3) is 4.99. The van der Waals surface area contributed by atoms with Crippen LogP contribution in [0, 0.1) is 11.6 Å². The number of benzene rings is 3. The van der Waals surface area contributed by atoms with E-state index < -0.39 is 11.6 Å². The van der Waals surface area contributed by atoms with Gasteiger partial charge in [-0.1, -0.05) is 42.5 Å². The van der Waals surface area contributed by atoms with Gasteiger partial charge in [0.15, 0.2) is 6.54 Å². The normalized spacial score (nSPS) is 11.8. The Kier molecular flexibility index (Phi) is 5.94. The molecule has 5 heteroatoms. The number of carbonyl (C=O) groups excluding carboxylic acids is 1. The van der Waals surface area contributed by atoms with Crippen molar-refractivity contribution in [3.8, 4) is 11.1 Å². The Morgan fingerprint density at radius 3 is 2.30 bits per heavy atom. The molecule has 3 nitrogen and oxygen atoms in total. The maximum Gasteiger partial charge on any atom is 0.279 e. The van der Waals surface area contributed by atoms with E-state index in [9.17, 15) is 13.6 Å². The van der Waals surface area contributed by atoms with Crippen molar-refractivity contribution in [2.75, 3.05) is 11.9 Å². The summed E-state index contributed by atoms with van der Waals surface area (Å²) in [5.74, 6) is -1.40. The highest BCUT2D eigenvalue weighted by atomic mass is 19.1. The van der Waals surface area contributed by atoms with Gasteiger partial charge >= 0.3 is 0 Å². The molecule has 27 heavy (non-hydrogen) atoms. The number of halogens is 2. The van der Waals surface area contributed by atoms with Crippen LogP contribution in [0.3, 0.4) is 0 Å². The molecule has 1 amide bonds. The van der Waals surface area contributed by atoms with Crippen molar-refractivity contribution in [2.45, 2.75) is 13.0 Å². The highest BCUT2D eigenvalue weighted by molar-refractivity contribution is 5.91. The van der Waals surface area contributed by atoms with Gasteiger partial charge < -0.3 is 10.6 Å². The molecular weight excluding hydrogens is 346 g/mol. The standard InChI is InChI=1S/C22H20F2N2O/c1-15(20-12-9-18(23)13-21(20)24)25-14-22(27)26-19-10-7-17(8-11-19)16-5-3-2-4-6-16/h2-13,15,25H,14H2,1H3,(H,26,27)/p+1/t15-/m1/s1. The van der Waals surface area contributed by atoms with Gasteiger partial charge in [0.25, 0.3) is 5.91 Å². The number of carbonyl (C=O) groups is 1. The fourth-order valence-corrected chi connectivity index (χ4v) is 2.87. The molecule has 0 saturated carbocycles. The first-order valence-electron chi connectivity index (χ1n) is 8.76. The maximum absolute atomic E-state index is 13.8. The molecule has 0 fully saturated rings. The van der Waals surface area contributed by atoms with Gasteiger partial charge in [0.2, 0.25) is 0 Å². The van der Waals surface area contributed by atoms with E-state index in [0.717, 1.165) is 17.2 Å². The second kappa shape index (κ2) is 8.56. The molecule has 0 aliphatic rings. The zero-order chi connectivity index (χ0) is 19.2. The van der Waals surface area contributed by atoms with Crippen LogP contribution < -0.4 is 10.6 Å². The quantitative estimate of drug-likeness (QED) is 0.682. The first-order chi connectivity index (χ1) is 13.0. The van der Waals surface area contributed by atoms with Crippen LogP contribution in [0.15, 0.2) is 72.8 Å². The minimum Gasteiger partial charge on any atom is -0.332 e. The summed E-state index contributed by atoms with van der Waals surface area (Å²) in [7, 11) is 0. The van der Waals surface area contributed by atoms with Gasteiger partial charge in [-0.3, -0.25) is 4.79 Å². The van der Waals surface area contributed by atoms with Crippen LogP contribution in [-0.2, 0) is 4.79 Å². The van der Waals surface area contributed by atoms with Crippen molar-refractivity contribution >= 4 is 11.6 Å². The topological polar surface area (TPSA) is 45.7 Å². The van der Waals surface area contributed by atoms with Gasteiger partial charge in [-0.2, -0.15) is 0 Å². The second-order valence-corrected chi connectivity index (χ2v) is 6.39. The minimum absolute atomic E-state index is 0.137. The van der Waals surface area contributed by atoms with Crippen LogP contribution in [0.1, 0.15) is 18.5 Å². The van der Waals surface area contributed by atoms with Crippen LogP contribution >= 0.6 is 0 Å². The number of hydrogen-bond donors (Lipinski definition) is 2. The van der Waals surface area contributed by atoms with Crippen LogP contribution in [0.2, 0.25) is 0 Å². The Labute approximate surface area is 157 Å². The molecule has 0 saturated heterocycles. The lowest BCUT2D eigenvalue weighted by atomic mass is 10.1. The monoisotopic (exact) mass is 367 g/mol. The molecule has 0 aromatic heterocycles. The SMILES string of the molecule is C[C@@H]([NH2+]CC(=O)Nc1ccc(-c2ccccc2)cc1)c1ccc(F)cc1F. The first kappa shape index (κ1) is 18.7. The Morgan fingerprint density at radius 1 is 0.963 bits per heavy atom. The van der Waals surface area contributed by atoms with E-state index in [1.165, 1.54) is 12.1 Å². The van der Waals surface area contributed by atoms with E-state index in [4.69, 9.17) is 0 Å². The van der Waals surface area contributed by atoms with Crippen molar-refractivity contribution in [3.05, 3.63) is 90.0 Å². The van der Waals surface area contributed by atoms with E-state index in [-0.39, 0.29) is 18.5 Å². The molecule has 3 N–H and O–H groups in total. The summed E-state index contributed by atoms with van der Waals surface area (Å²) in [5, 5.41) is 4.54. The van der Waals surface area contributed by atoms with Gasteiger partial charge in [0, 0.05) is 17.3 Å². The van der Waals surface area contributed by atoms with Crippen molar-refractivity contribution in [3.63, 3.8) is 0 Å². The molecule has 138 valence electrons. The van der Waals surface area contributed by atoms with Crippen LogP contribution in [0.25, 0.3) is 11.1 Å². The number of hydrogen-bond acceptors (Lipinski definition) is 1. The summed E-state index contributed by atoms with van der Waals surface area (Å²) in [6, 6.07) is 20.8. The van der Waals surface area contributed by atoms with Crippen molar-refractivity contribution in [2.24, 2.45) is 0 Å². The Balaban J connectivity index is 1.54. The summed E-state index contributed by atoms with van der Waals surface area (Å²) in [6.45, 7) is 1.91. The van der Waals surface area contributed by atoms with Crippen molar-refractivity contribution in [1.29, 1.82) is 0 Å². The summed E-state index contributed by atoms with van der Waals surface area (Å²) in [5.41, 5.74) is 3.25. The lowest BCUT2D eigenvalue weighted by Crippen LogP contribution is -2.86. The van der Waals surface area contributed by atoms with E-state index in [1.807, 2.05) is 54.6 Å². The summed E-state index contributed by atoms with van der Waals surface area (Å²) in [4.78, 5) is 12.1. The van der Waals surface area contributed by atoms with Gasteiger partial charge in [0.05, 0.1) is 0 Å². The lowest BCUT2D eigenvalue weighted by molar-refractivity contribution is -0.682. The van der Waals surface area contributed by atoms with E-state index in [1.54, 1.807) is 12.2 Å². The summed E-state index contributed by atoms with van der Waals surface area (Å²) >= 11 is 0. The molecule has 3 aromatic rings. The fraction of sp³-hybridized carbons (Fsp3) is 0.136. The Hall–Kier alpha value is -3.05. The fourth-order valence-electron chi connectivity index (χ4n) is 2.87. The van der Waals surface area contributed by atoms with Gasteiger partial charge in [-0.25, -0.2) is 8.78 Å². The van der Waals surface area contributed by atoms with Crippen molar-refractivity contribution in [1.82, 2.24) is 0 Å². The highest BCUT2D eigenvalue weighted by Crippen LogP contribution is 2.21. The molecule has 0 spiro atoms. The molecule has 1 atom stereocenters. The van der Waals surface area contributed by atoms with Gasteiger partial charge in [-0.05, 0) is 42.3 Å². The van der Waals surface area contributed by atoms with Crippen LogP contribution in [0.4, 0.5) is 14.5 Å². The van der Waals surface area contributed by atoms with E-state index in [0.29, 0.717) is 11.3 Å². The average Bonchev–Trinajstić information content (AvgIpc) is 2.67. The molecule has 0 radical (unpaired) electrons. The smallest absolute Gasteiger partial charge is 0.279 e. The predicted molar refractivity (Wildman–Crippen MR) is 102 cm³/mol. The third-order valence-corrected chi connectivity index (χ3v) is 4.39. The predicted octanol–water partition coefficient (Wildman–Crippen LogP) is 3.89. The highest BCUT2D eigenvalue weighted by Gasteiger charge is 2.16. The summed E-state index contributed by atoms with van der Waals surface area (Å²) < 4.78 is 26.8. The Morgan fingerprint density at radius 2 is 1.63 bits per heavy atom. The van der Waals surface area contributed by atoms with E-state index in [2.05, 4.69) is 5.32 Å². The number of nitrogens with two attached hydrogens (primary N) is 1. The molecule has 0 aliphatic heterocycles. The molecule has 0 unspecified atom stereocenters. The van der Waals surface area contributed by atoms with Crippen LogP contribution in [-0.4, -0.2) is 12.5 Å². The molecule has 0 aliphatic carbocycles. The molecule has 0 bridgehead atoms. The molecule has 3 rings (SSSR count). The van der Waals surface area contributed by atoms with Gasteiger partial charge in [-0.15, -0.1) is 0 Å². The number of amides is 1. The average molecular weight is 367 g/mol. The van der Waals surface area contributed by atoms with Gasteiger partial charge in [0.1, 0.15) is 17.7 Å². The first-order valence-corrected chi connectivity index (χ1v) is 8.76. The number of nitrogens with one attached hydrogen (secondary N) is 1. The lowest BCUT2D eigenvalue weighted by Gasteiger charge is -2.12. The Bertz CT molecular complexity index is 911. The minimum atomic E-state index is -0.611. The largest absolute Gasteiger partial charge is 0.332 e. The third-order valence-electron chi connectivity index (χ3n) is 4.39. The second-order valence-electron chi connectivity index (χ2n) is 6.39. The molecule has 0 heterocycles. The zero-order valence-electron chi connectivity index (χ0n) is 15.0. The number of anilines is 1. The zero-order valence-corrected chi connectivity index (χ0v) is 15.0. The number of quaternary nitrogens is 1. The summed E-state index contributed by atoms with van der Waals surface area (Å²) in [6.07, 6.45) is 0. The number of rotatable bonds is 6. The van der Waals surface area contributed by atoms with E-state index >= 15 is 0 Å².